The zero-order chi connectivity index (χ0) is 13.8. The molecule has 2 rings (SSSR count). The fourth-order valence-corrected chi connectivity index (χ4v) is 1.91. The summed E-state index contributed by atoms with van der Waals surface area (Å²) in [5.74, 6) is -1.18. The highest BCUT2D eigenvalue weighted by Gasteiger charge is 2.13. The zero-order valence-electron chi connectivity index (χ0n) is 10.8. The second kappa shape index (κ2) is 5.97. The molecule has 0 saturated carbocycles. The van der Waals surface area contributed by atoms with Crippen molar-refractivity contribution in [3.8, 4) is 0 Å². The molecule has 0 bridgehead atoms. The molecule has 0 aliphatic rings. The number of nitrogen functional groups attached to an aromatic ring is 1. The first-order valence-electron chi connectivity index (χ1n) is 6.32. The molecule has 1 heterocycles. The maximum atomic E-state index is 13.5. The minimum Gasteiger partial charge on any atom is -0.380 e. The van der Waals surface area contributed by atoms with E-state index >= 15 is 0 Å². The Bertz CT molecular complexity index is 569. The van der Waals surface area contributed by atoms with Gasteiger partial charge < -0.3 is 15.0 Å². The number of rotatable bonds is 6. The van der Waals surface area contributed by atoms with Crippen molar-refractivity contribution in [2.75, 3.05) is 18.9 Å². The van der Waals surface area contributed by atoms with Crippen LogP contribution in [0.1, 0.15) is 19.8 Å². The number of halogens is 2. The van der Waals surface area contributed by atoms with Crippen molar-refractivity contribution in [3.05, 3.63) is 23.8 Å². The lowest BCUT2D eigenvalue weighted by atomic mass is 10.3. The van der Waals surface area contributed by atoms with Crippen molar-refractivity contribution >= 4 is 17.0 Å². The maximum Gasteiger partial charge on any atom is 0.201 e. The molecule has 4 nitrogen and oxygen atoms in total. The smallest absolute Gasteiger partial charge is 0.201 e. The number of hydrogen-bond donors (Lipinski definition) is 1. The van der Waals surface area contributed by atoms with Crippen molar-refractivity contribution in [1.29, 1.82) is 0 Å². The Kier molecular flexibility index (Phi) is 4.31. The van der Waals surface area contributed by atoms with Crippen LogP contribution in [0.4, 0.5) is 14.7 Å². The number of benzene rings is 1. The van der Waals surface area contributed by atoms with E-state index in [1.165, 1.54) is 6.07 Å². The first-order valence-corrected chi connectivity index (χ1v) is 6.32. The normalized spacial score (nSPS) is 11.3. The quantitative estimate of drug-likeness (QED) is 0.820. The molecule has 0 fully saturated rings. The Morgan fingerprint density at radius 2 is 2.11 bits per heavy atom. The summed E-state index contributed by atoms with van der Waals surface area (Å²) in [6.07, 6.45) is 2.05. The van der Waals surface area contributed by atoms with E-state index in [-0.39, 0.29) is 11.5 Å². The molecule has 0 aliphatic heterocycles. The van der Waals surface area contributed by atoms with Crippen LogP contribution in [0.3, 0.4) is 0 Å². The van der Waals surface area contributed by atoms with Crippen molar-refractivity contribution < 1.29 is 13.5 Å². The van der Waals surface area contributed by atoms with E-state index in [1.54, 1.807) is 4.57 Å². The Morgan fingerprint density at radius 3 is 2.84 bits per heavy atom. The van der Waals surface area contributed by atoms with E-state index < -0.39 is 11.6 Å². The molecule has 1 aromatic heterocycles. The van der Waals surface area contributed by atoms with Gasteiger partial charge in [-0.15, -0.1) is 0 Å². The van der Waals surface area contributed by atoms with E-state index in [2.05, 4.69) is 11.9 Å². The largest absolute Gasteiger partial charge is 0.380 e. The highest BCUT2D eigenvalue weighted by atomic mass is 19.1. The SMILES string of the molecule is CCCCOCCn1c(N)nc2c(F)cc(F)cc21. The summed E-state index contributed by atoms with van der Waals surface area (Å²) in [5.41, 5.74) is 6.17. The zero-order valence-corrected chi connectivity index (χ0v) is 10.8. The number of ether oxygens (including phenoxy) is 1. The summed E-state index contributed by atoms with van der Waals surface area (Å²) in [6, 6.07) is 2.03. The molecular formula is C13H17F2N3O. The van der Waals surface area contributed by atoms with Gasteiger partial charge in [-0.1, -0.05) is 13.3 Å². The highest BCUT2D eigenvalue weighted by Crippen LogP contribution is 2.21. The minimum absolute atomic E-state index is 0.0902. The summed E-state index contributed by atoms with van der Waals surface area (Å²) < 4.78 is 33.7. The molecule has 104 valence electrons. The van der Waals surface area contributed by atoms with Crippen LogP contribution >= 0.6 is 0 Å². The molecule has 0 radical (unpaired) electrons. The third kappa shape index (κ3) is 3.01. The van der Waals surface area contributed by atoms with Crippen LogP contribution in [0.2, 0.25) is 0 Å². The molecule has 2 N–H and O–H groups in total. The van der Waals surface area contributed by atoms with Gasteiger partial charge in [0.15, 0.2) is 5.82 Å². The average Bonchev–Trinajstić information content (AvgIpc) is 2.67. The molecular weight excluding hydrogens is 252 g/mol. The number of imidazole rings is 1. The Morgan fingerprint density at radius 1 is 1.32 bits per heavy atom. The van der Waals surface area contributed by atoms with Gasteiger partial charge in [0.1, 0.15) is 11.3 Å². The number of hydrogen-bond acceptors (Lipinski definition) is 3. The van der Waals surface area contributed by atoms with Gasteiger partial charge in [-0.05, 0) is 6.42 Å². The van der Waals surface area contributed by atoms with Gasteiger partial charge in [-0.25, -0.2) is 13.8 Å². The summed E-state index contributed by atoms with van der Waals surface area (Å²) in [5, 5.41) is 0. The van der Waals surface area contributed by atoms with Crippen molar-refractivity contribution in [2.45, 2.75) is 26.3 Å². The number of anilines is 1. The van der Waals surface area contributed by atoms with Crippen LogP contribution in [0.25, 0.3) is 11.0 Å². The number of aromatic nitrogens is 2. The third-order valence-electron chi connectivity index (χ3n) is 2.90. The third-order valence-corrected chi connectivity index (χ3v) is 2.90. The van der Waals surface area contributed by atoms with Crippen LogP contribution in [-0.2, 0) is 11.3 Å². The van der Waals surface area contributed by atoms with Crippen molar-refractivity contribution in [1.82, 2.24) is 9.55 Å². The molecule has 0 saturated heterocycles. The summed E-state index contributed by atoms with van der Waals surface area (Å²) in [4.78, 5) is 3.91. The maximum absolute atomic E-state index is 13.5. The fraction of sp³-hybridized carbons (Fsp3) is 0.462. The van der Waals surface area contributed by atoms with E-state index in [1.807, 2.05) is 0 Å². The number of fused-ring (bicyclic) bond motifs is 1. The topological polar surface area (TPSA) is 53.1 Å². The summed E-state index contributed by atoms with van der Waals surface area (Å²) in [6.45, 7) is 3.62. The second-order valence-electron chi connectivity index (χ2n) is 4.34. The predicted octanol–water partition coefficient (Wildman–Crippen LogP) is 2.71. The predicted molar refractivity (Wildman–Crippen MR) is 69.8 cm³/mol. The molecule has 0 spiro atoms. The standard InChI is InChI=1S/C13H17F2N3O/c1-2-3-5-19-6-4-18-11-8-9(14)7-10(15)12(11)17-13(18)16/h7-8H,2-6H2,1H3,(H2,16,17). The van der Waals surface area contributed by atoms with Gasteiger partial charge >= 0.3 is 0 Å². The Hall–Kier alpha value is -1.69. The van der Waals surface area contributed by atoms with Crippen LogP contribution in [0, 0.1) is 11.6 Å². The molecule has 19 heavy (non-hydrogen) atoms. The fourth-order valence-electron chi connectivity index (χ4n) is 1.91. The lowest BCUT2D eigenvalue weighted by Gasteiger charge is -2.07. The summed E-state index contributed by atoms with van der Waals surface area (Å²) in [7, 11) is 0. The number of nitrogens with two attached hydrogens (primary N) is 1. The molecule has 0 amide bonds. The van der Waals surface area contributed by atoms with Gasteiger partial charge in [0.2, 0.25) is 5.95 Å². The lowest BCUT2D eigenvalue weighted by molar-refractivity contribution is 0.124. The van der Waals surface area contributed by atoms with Crippen molar-refractivity contribution in [2.24, 2.45) is 0 Å². The van der Waals surface area contributed by atoms with Gasteiger partial charge in [0, 0.05) is 25.3 Å². The molecule has 0 unspecified atom stereocenters. The van der Waals surface area contributed by atoms with E-state index in [4.69, 9.17) is 10.5 Å². The average molecular weight is 269 g/mol. The first kappa shape index (κ1) is 13.7. The van der Waals surface area contributed by atoms with Gasteiger partial charge in [-0.3, -0.25) is 0 Å². The molecule has 0 atom stereocenters. The van der Waals surface area contributed by atoms with Gasteiger partial charge in [-0.2, -0.15) is 0 Å². The molecule has 1 aromatic carbocycles. The van der Waals surface area contributed by atoms with E-state index in [0.29, 0.717) is 25.3 Å². The highest BCUT2D eigenvalue weighted by molar-refractivity contribution is 5.79. The van der Waals surface area contributed by atoms with Crippen LogP contribution < -0.4 is 5.73 Å². The van der Waals surface area contributed by atoms with E-state index in [0.717, 1.165) is 18.9 Å². The lowest BCUT2D eigenvalue weighted by Crippen LogP contribution is -2.09. The number of nitrogens with zero attached hydrogens (tertiary/aromatic N) is 2. The van der Waals surface area contributed by atoms with E-state index in [9.17, 15) is 8.78 Å². The second-order valence-corrected chi connectivity index (χ2v) is 4.34. The van der Waals surface area contributed by atoms with Crippen molar-refractivity contribution in [3.63, 3.8) is 0 Å². The molecule has 6 heteroatoms. The Labute approximate surface area is 110 Å². The molecule has 2 aromatic rings. The first-order chi connectivity index (χ1) is 9.13. The number of unbranched alkanes of at least 4 members (excludes halogenated alkanes) is 1. The Balaban J connectivity index is 2.16. The summed E-state index contributed by atoms with van der Waals surface area (Å²) >= 11 is 0. The molecule has 0 aliphatic carbocycles. The van der Waals surface area contributed by atoms with Crippen LogP contribution in [0.15, 0.2) is 12.1 Å². The van der Waals surface area contributed by atoms with Crippen LogP contribution in [-0.4, -0.2) is 22.8 Å². The minimum atomic E-state index is -0.702. The van der Waals surface area contributed by atoms with Gasteiger partial charge in [0.25, 0.3) is 0 Å². The van der Waals surface area contributed by atoms with Gasteiger partial charge in [0.05, 0.1) is 12.1 Å². The monoisotopic (exact) mass is 269 g/mol. The van der Waals surface area contributed by atoms with Crippen LogP contribution in [0.5, 0.6) is 0 Å².